The van der Waals surface area contributed by atoms with E-state index in [4.69, 9.17) is 9.47 Å². The molecule has 1 fully saturated rings. The molecule has 1 unspecified atom stereocenters. The summed E-state index contributed by atoms with van der Waals surface area (Å²) < 4.78 is 14.1. The Bertz CT molecular complexity index is 1080. The normalized spacial score (nSPS) is 18.9. The average molecular weight is 478 g/mol. The van der Waals surface area contributed by atoms with E-state index in [9.17, 15) is 5.11 Å². The molecule has 1 aliphatic rings. The fourth-order valence-electron chi connectivity index (χ4n) is 4.72. The van der Waals surface area contributed by atoms with Gasteiger partial charge in [-0.05, 0) is 82.3 Å². The molecule has 1 aliphatic heterocycles. The fourth-order valence-corrected chi connectivity index (χ4v) is 4.72. The lowest BCUT2D eigenvalue weighted by atomic mass is 9.96. The van der Waals surface area contributed by atoms with Crippen LogP contribution in [0.1, 0.15) is 48.2 Å². The number of aryl methyl sites for hydroxylation is 4. The Morgan fingerprint density at radius 1 is 1.00 bits per heavy atom. The lowest BCUT2D eigenvalue weighted by molar-refractivity contribution is -0.0170. The summed E-state index contributed by atoms with van der Waals surface area (Å²) in [4.78, 5) is 6.68. The van der Waals surface area contributed by atoms with Gasteiger partial charge in [-0.2, -0.15) is 0 Å². The first kappa shape index (κ1) is 25.3. The molecule has 0 spiro atoms. The maximum atomic E-state index is 11.2. The second-order valence-corrected chi connectivity index (χ2v) is 9.93. The summed E-state index contributed by atoms with van der Waals surface area (Å²) in [6.45, 7) is 10.8. The van der Waals surface area contributed by atoms with Gasteiger partial charge in [-0.25, -0.2) is 4.98 Å². The highest BCUT2D eigenvalue weighted by Gasteiger charge is 2.31. The van der Waals surface area contributed by atoms with Crippen molar-refractivity contribution in [3.8, 4) is 11.5 Å². The van der Waals surface area contributed by atoms with Crippen molar-refractivity contribution < 1.29 is 14.6 Å². The van der Waals surface area contributed by atoms with Crippen LogP contribution >= 0.6 is 0 Å². The molecule has 2 heterocycles. The molecule has 35 heavy (non-hydrogen) atoms. The van der Waals surface area contributed by atoms with Crippen LogP contribution in [0.3, 0.4) is 0 Å². The molecule has 3 aromatic rings. The van der Waals surface area contributed by atoms with Gasteiger partial charge in [-0.1, -0.05) is 29.8 Å². The van der Waals surface area contributed by atoms with Crippen LogP contribution in [-0.2, 0) is 13.1 Å². The number of nitrogens with zero attached hydrogens (tertiary/aromatic N) is 3. The zero-order valence-corrected chi connectivity index (χ0v) is 21.4. The Morgan fingerprint density at radius 2 is 1.83 bits per heavy atom. The number of rotatable bonds is 10. The molecule has 188 valence electrons. The molecule has 2 aromatic carbocycles. The second-order valence-electron chi connectivity index (χ2n) is 9.93. The minimum Gasteiger partial charge on any atom is -0.494 e. The molecule has 0 amide bonds. The summed E-state index contributed by atoms with van der Waals surface area (Å²) in [5, 5.41) is 11.2. The fraction of sp³-hybridized carbons (Fsp3) is 0.483. The molecule has 0 aliphatic carbocycles. The number of aliphatic hydroxyl groups is 1. The first-order valence-corrected chi connectivity index (χ1v) is 12.7. The van der Waals surface area contributed by atoms with Gasteiger partial charge in [0.05, 0.1) is 12.2 Å². The van der Waals surface area contributed by atoms with Crippen LogP contribution in [0.15, 0.2) is 54.9 Å². The zero-order valence-electron chi connectivity index (χ0n) is 21.4. The molecule has 0 saturated carbocycles. The van der Waals surface area contributed by atoms with Crippen molar-refractivity contribution in [1.82, 2.24) is 14.5 Å². The smallest absolute Gasteiger partial charge is 0.122 e. The standard InChI is InChI=1S/C29H39N3O3/c1-23-6-11-28(24(2)20-23)35-22-29(33)12-4-15-31(17-13-29)21-26-7-9-27(10-8-26)34-19-5-16-32-18-14-30-25(32)3/h6-11,14,18,20,33H,4-5,12-13,15-17,19,21-22H2,1-3H3. The highest BCUT2D eigenvalue weighted by molar-refractivity contribution is 5.35. The van der Waals surface area contributed by atoms with Gasteiger partial charge < -0.3 is 19.1 Å². The molecule has 1 aromatic heterocycles. The van der Waals surface area contributed by atoms with Crippen molar-refractivity contribution in [1.29, 1.82) is 0 Å². The lowest BCUT2D eigenvalue weighted by Gasteiger charge is -2.27. The van der Waals surface area contributed by atoms with Crippen molar-refractivity contribution >= 4 is 0 Å². The Labute approximate surface area is 209 Å². The van der Waals surface area contributed by atoms with E-state index in [1.807, 2.05) is 25.4 Å². The summed E-state index contributed by atoms with van der Waals surface area (Å²) in [5.74, 6) is 2.81. The average Bonchev–Trinajstić information content (AvgIpc) is 3.15. The third kappa shape index (κ3) is 7.33. The predicted molar refractivity (Wildman–Crippen MR) is 139 cm³/mol. The number of likely N-dealkylation sites (tertiary alicyclic amines) is 1. The molecule has 1 atom stereocenters. The van der Waals surface area contributed by atoms with Crippen LogP contribution in [0.2, 0.25) is 0 Å². The number of benzene rings is 2. The summed E-state index contributed by atoms with van der Waals surface area (Å²) in [7, 11) is 0. The van der Waals surface area contributed by atoms with E-state index >= 15 is 0 Å². The number of ether oxygens (including phenoxy) is 2. The first-order chi connectivity index (χ1) is 16.9. The van der Waals surface area contributed by atoms with Crippen LogP contribution in [0.5, 0.6) is 11.5 Å². The largest absolute Gasteiger partial charge is 0.494 e. The van der Waals surface area contributed by atoms with Gasteiger partial charge in [-0.3, -0.25) is 4.90 Å². The topological polar surface area (TPSA) is 59.8 Å². The van der Waals surface area contributed by atoms with Crippen molar-refractivity contribution in [3.05, 3.63) is 77.4 Å². The molecule has 6 heteroatoms. The Kier molecular flexibility index (Phi) is 8.47. The Hall–Kier alpha value is -2.83. The molecular formula is C29H39N3O3. The first-order valence-electron chi connectivity index (χ1n) is 12.7. The molecule has 0 bridgehead atoms. The lowest BCUT2D eigenvalue weighted by Crippen LogP contribution is -2.37. The van der Waals surface area contributed by atoms with E-state index in [1.54, 1.807) is 0 Å². The van der Waals surface area contributed by atoms with Crippen LogP contribution in [-0.4, -0.2) is 51.5 Å². The van der Waals surface area contributed by atoms with Gasteiger partial charge >= 0.3 is 0 Å². The molecule has 4 rings (SSSR count). The quantitative estimate of drug-likeness (QED) is 0.413. The monoisotopic (exact) mass is 477 g/mol. The van der Waals surface area contributed by atoms with Crippen LogP contribution in [0, 0.1) is 20.8 Å². The molecule has 0 radical (unpaired) electrons. The van der Waals surface area contributed by atoms with Crippen molar-refractivity contribution in [2.75, 3.05) is 26.3 Å². The van der Waals surface area contributed by atoms with Crippen molar-refractivity contribution in [2.24, 2.45) is 0 Å². The predicted octanol–water partition coefficient (Wildman–Crippen LogP) is 5.07. The van der Waals surface area contributed by atoms with E-state index in [0.717, 1.165) is 74.7 Å². The maximum absolute atomic E-state index is 11.2. The van der Waals surface area contributed by atoms with Gasteiger partial charge in [0, 0.05) is 32.0 Å². The van der Waals surface area contributed by atoms with Crippen LogP contribution < -0.4 is 9.47 Å². The third-order valence-corrected chi connectivity index (χ3v) is 6.90. The van der Waals surface area contributed by atoms with Gasteiger partial charge in [-0.15, -0.1) is 0 Å². The summed E-state index contributed by atoms with van der Waals surface area (Å²) in [6, 6.07) is 14.6. The third-order valence-electron chi connectivity index (χ3n) is 6.90. The number of hydrogen-bond donors (Lipinski definition) is 1. The van der Waals surface area contributed by atoms with E-state index in [1.165, 1.54) is 11.1 Å². The van der Waals surface area contributed by atoms with Gasteiger partial charge in [0.2, 0.25) is 0 Å². The zero-order chi connectivity index (χ0) is 24.7. The van der Waals surface area contributed by atoms with Gasteiger partial charge in [0.1, 0.15) is 23.9 Å². The number of imidazole rings is 1. The Balaban J connectivity index is 1.20. The van der Waals surface area contributed by atoms with E-state index in [2.05, 4.69) is 64.7 Å². The molecule has 1 saturated heterocycles. The SMILES string of the molecule is Cc1ccc(OCC2(O)CCCN(Cc3ccc(OCCCn4ccnc4C)cc3)CC2)c(C)c1. The van der Waals surface area contributed by atoms with E-state index < -0.39 is 5.60 Å². The number of aromatic nitrogens is 2. The molecule has 6 nitrogen and oxygen atoms in total. The van der Waals surface area contributed by atoms with Crippen molar-refractivity contribution in [3.63, 3.8) is 0 Å². The molecule has 1 N–H and O–H groups in total. The van der Waals surface area contributed by atoms with Crippen molar-refractivity contribution in [2.45, 2.75) is 65.1 Å². The Morgan fingerprint density at radius 3 is 2.57 bits per heavy atom. The van der Waals surface area contributed by atoms with E-state index in [0.29, 0.717) is 13.2 Å². The second kappa shape index (κ2) is 11.7. The highest BCUT2D eigenvalue weighted by atomic mass is 16.5. The minimum absolute atomic E-state index is 0.344. The summed E-state index contributed by atoms with van der Waals surface area (Å²) in [5.41, 5.74) is 2.82. The maximum Gasteiger partial charge on any atom is 0.122 e. The van der Waals surface area contributed by atoms with Gasteiger partial charge in [0.25, 0.3) is 0 Å². The van der Waals surface area contributed by atoms with Gasteiger partial charge in [0.15, 0.2) is 0 Å². The summed E-state index contributed by atoms with van der Waals surface area (Å²) in [6.07, 6.45) is 7.23. The van der Waals surface area contributed by atoms with Crippen LogP contribution in [0.25, 0.3) is 0 Å². The molecular weight excluding hydrogens is 438 g/mol. The highest BCUT2D eigenvalue weighted by Crippen LogP contribution is 2.27. The van der Waals surface area contributed by atoms with E-state index in [-0.39, 0.29) is 0 Å². The van der Waals surface area contributed by atoms with Crippen LogP contribution in [0.4, 0.5) is 0 Å². The summed E-state index contributed by atoms with van der Waals surface area (Å²) >= 11 is 0. The number of hydrogen-bond acceptors (Lipinski definition) is 5. The minimum atomic E-state index is -0.779.